The van der Waals surface area contributed by atoms with Gasteiger partial charge in [-0.05, 0) is 19.8 Å². The van der Waals surface area contributed by atoms with Gasteiger partial charge in [0.2, 0.25) is 0 Å². The molecule has 0 spiro atoms. The summed E-state index contributed by atoms with van der Waals surface area (Å²) in [5.41, 5.74) is 0. The maximum atomic E-state index is 3.61. The molecular weight excluding hydrogens is 108 g/mol. The zero-order valence-corrected chi connectivity index (χ0v) is 6.01. The van der Waals surface area contributed by atoms with Gasteiger partial charge in [-0.2, -0.15) is 0 Å². The molecule has 0 N–H and O–H groups in total. The minimum atomic E-state index is 0.984. The van der Waals surface area contributed by atoms with Gasteiger partial charge in [0.1, 0.15) is 0 Å². The smallest absolute Gasteiger partial charge is 0.0169 e. The van der Waals surface area contributed by atoms with Crippen molar-refractivity contribution in [1.82, 2.24) is 0 Å². The molecule has 0 aromatic heterocycles. The summed E-state index contributed by atoms with van der Waals surface area (Å²) in [5, 5.41) is 0. The Labute approximate surface area is 57.6 Å². The van der Waals surface area contributed by atoms with Gasteiger partial charge >= 0.3 is 0 Å². The van der Waals surface area contributed by atoms with Gasteiger partial charge in [0, 0.05) is 0 Å². The second-order valence-corrected chi connectivity index (χ2v) is 1.80. The average molecular weight is 122 g/mol. The molecule has 0 aliphatic carbocycles. The highest BCUT2D eigenvalue weighted by Crippen LogP contribution is 1.88. The van der Waals surface area contributed by atoms with Crippen LogP contribution in [0.1, 0.15) is 19.8 Å². The molecule has 0 aliphatic heterocycles. The van der Waals surface area contributed by atoms with E-state index in [1.54, 1.807) is 0 Å². The summed E-state index contributed by atoms with van der Waals surface area (Å²) < 4.78 is 0. The average Bonchev–Trinajstić information content (AvgIpc) is 1.89. The molecule has 0 atom stereocenters. The van der Waals surface area contributed by atoms with E-state index in [-0.39, 0.29) is 0 Å². The van der Waals surface area contributed by atoms with Crippen LogP contribution in [0, 0.1) is 0 Å². The lowest BCUT2D eigenvalue weighted by molar-refractivity contribution is 1.31. The SMILES string of the molecule is C=CCC=CCC=CC. The Morgan fingerprint density at radius 1 is 1.11 bits per heavy atom. The van der Waals surface area contributed by atoms with Crippen LogP contribution in [0.5, 0.6) is 0 Å². The highest BCUT2D eigenvalue weighted by molar-refractivity contribution is 4.94. The van der Waals surface area contributed by atoms with E-state index in [0.29, 0.717) is 0 Å². The van der Waals surface area contributed by atoms with Gasteiger partial charge in [-0.1, -0.05) is 30.4 Å². The molecule has 0 rings (SSSR count). The van der Waals surface area contributed by atoms with Gasteiger partial charge in [0.15, 0.2) is 0 Å². The summed E-state index contributed by atoms with van der Waals surface area (Å²) in [6.07, 6.45) is 12.4. The van der Waals surface area contributed by atoms with Gasteiger partial charge < -0.3 is 0 Å². The van der Waals surface area contributed by atoms with Crippen molar-refractivity contribution in [2.24, 2.45) is 0 Å². The third kappa shape index (κ3) is 7.22. The van der Waals surface area contributed by atoms with Crippen LogP contribution in [0.3, 0.4) is 0 Å². The van der Waals surface area contributed by atoms with Crippen molar-refractivity contribution in [3.8, 4) is 0 Å². The van der Waals surface area contributed by atoms with E-state index in [0.717, 1.165) is 12.8 Å². The second kappa shape index (κ2) is 7.22. The summed E-state index contributed by atoms with van der Waals surface area (Å²) in [4.78, 5) is 0. The lowest BCUT2D eigenvalue weighted by Gasteiger charge is -1.78. The van der Waals surface area contributed by atoms with Gasteiger partial charge in [-0.25, -0.2) is 0 Å². The fourth-order valence-corrected chi connectivity index (χ4v) is 0.503. The zero-order valence-electron chi connectivity index (χ0n) is 6.01. The van der Waals surface area contributed by atoms with Crippen molar-refractivity contribution in [1.29, 1.82) is 0 Å². The first-order valence-corrected chi connectivity index (χ1v) is 3.29. The molecule has 0 aromatic rings. The largest absolute Gasteiger partial charge is 0.103 e. The molecule has 9 heavy (non-hydrogen) atoms. The van der Waals surface area contributed by atoms with Crippen molar-refractivity contribution >= 4 is 0 Å². The molecule has 0 aromatic carbocycles. The van der Waals surface area contributed by atoms with Crippen LogP contribution in [0.4, 0.5) is 0 Å². The Kier molecular flexibility index (Phi) is 6.59. The lowest BCUT2D eigenvalue weighted by Crippen LogP contribution is -1.57. The van der Waals surface area contributed by atoms with E-state index in [4.69, 9.17) is 0 Å². The topological polar surface area (TPSA) is 0 Å². The maximum absolute atomic E-state index is 3.61. The number of hydrogen-bond acceptors (Lipinski definition) is 0. The third-order valence-corrected chi connectivity index (χ3v) is 0.977. The highest BCUT2D eigenvalue weighted by atomic mass is 13.7. The first-order chi connectivity index (χ1) is 4.41. The number of allylic oxidation sites excluding steroid dienone is 5. The Bertz CT molecular complexity index is 107. The number of hydrogen-bond donors (Lipinski definition) is 0. The van der Waals surface area contributed by atoms with E-state index in [2.05, 4.69) is 30.9 Å². The molecule has 0 heteroatoms. The predicted octanol–water partition coefficient (Wildman–Crippen LogP) is 3.08. The maximum Gasteiger partial charge on any atom is -0.0169 e. The van der Waals surface area contributed by atoms with E-state index < -0.39 is 0 Å². The molecule has 0 nitrogen and oxygen atoms in total. The minimum absolute atomic E-state index is 0.984. The molecule has 0 saturated carbocycles. The minimum Gasteiger partial charge on any atom is -0.103 e. The van der Waals surface area contributed by atoms with Crippen LogP contribution in [0.2, 0.25) is 0 Å². The predicted molar refractivity (Wildman–Crippen MR) is 43.4 cm³/mol. The second-order valence-electron chi connectivity index (χ2n) is 1.80. The Hall–Kier alpha value is -0.780. The lowest BCUT2D eigenvalue weighted by atomic mass is 10.3. The van der Waals surface area contributed by atoms with Crippen LogP contribution in [0.25, 0.3) is 0 Å². The van der Waals surface area contributed by atoms with Crippen LogP contribution in [0.15, 0.2) is 37.0 Å². The van der Waals surface area contributed by atoms with Crippen LogP contribution in [-0.4, -0.2) is 0 Å². The van der Waals surface area contributed by atoms with E-state index in [1.165, 1.54) is 0 Å². The molecule has 0 unspecified atom stereocenters. The molecule has 0 aliphatic rings. The fraction of sp³-hybridized carbons (Fsp3) is 0.333. The number of rotatable bonds is 4. The van der Waals surface area contributed by atoms with E-state index in [1.807, 2.05) is 13.0 Å². The quantitative estimate of drug-likeness (QED) is 0.503. The van der Waals surface area contributed by atoms with Gasteiger partial charge in [0.05, 0.1) is 0 Å². The van der Waals surface area contributed by atoms with Gasteiger partial charge in [-0.15, -0.1) is 6.58 Å². The molecule has 0 fully saturated rings. The van der Waals surface area contributed by atoms with Crippen LogP contribution < -0.4 is 0 Å². The molecule has 0 saturated heterocycles. The van der Waals surface area contributed by atoms with Gasteiger partial charge in [-0.3, -0.25) is 0 Å². The fourth-order valence-electron chi connectivity index (χ4n) is 0.503. The normalized spacial score (nSPS) is 11.2. The van der Waals surface area contributed by atoms with Crippen molar-refractivity contribution in [2.45, 2.75) is 19.8 Å². The zero-order chi connectivity index (χ0) is 6.95. The molecule has 0 amide bonds. The summed E-state index contributed by atoms with van der Waals surface area (Å²) in [6, 6.07) is 0. The summed E-state index contributed by atoms with van der Waals surface area (Å²) in [5.74, 6) is 0. The molecule has 0 bridgehead atoms. The van der Waals surface area contributed by atoms with E-state index in [9.17, 15) is 0 Å². The van der Waals surface area contributed by atoms with E-state index >= 15 is 0 Å². The van der Waals surface area contributed by atoms with Crippen molar-refractivity contribution < 1.29 is 0 Å². The van der Waals surface area contributed by atoms with Crippen molar-refractivity contribution in [3.05, 3.63) is 37.0 Å². The first-order valence-electron chi connectivity index (χ1n) is 3.29. The van der Waals surface area contributed by atoms with Crippen molar-refractivity contribution in [3.63, 3.8) is 0 Å². The Morgan fingerprint density at radius 3 is 2.33 bits per heavy atom. The Morgan fingerprint density at radius 2 is 1.78 bits per heavy atom. The summed E-state index contributed by atoms with van der Waals surface area (Å²) in [6.45, 7) is 5.64. The van der Waals surface area contributed by atoms with Crippen molar-refractivity contribution in [2.75, 3.05) is 0 Å². The molecule has 50 valence electrons. The molecular formula is C9H14. The monoisotopic (exact) mass is 122 g/mol. The summed E-state index contributed by atoms with van der Waals surface area (Å²) >= 11 is 0. The summed E-state index contributed by atoms with van der Waals surface area (Å²) in [7, 11) is 0. The standard InChI is InChI=1S/C9H14/c1-3-5-7-9-8-6-4-2/h3-4,6-7,9H,1,5,8H2,2H3. The van der Waals surface area contributed by atoms with Crippen LogP contribution in [-0.2, 0) is 0 Å². The van der Waals surface area contributed by atoms with Crippen LogP contribution >= 0.6 is 0 Å². The first kappa shape index (κ1) is 8.22. The highest BCUT2D eigenvalue weighted by Gasteiger charge is 1.67. The molecule has 0 heterocycles. The molecule has 0 radical (unpaired) electrons. The Balaban J connectivity index is 3.14. The third-order valence-electron chi connectivity index (χ3n) is 0.977. The van der Waals surface area contributed by atoms with Gasteiger partial charge in [0.25, 0.3) is 0 Å².